The van der Waals surface area contributed by atoms with E-state index in [0.29, 0.717) is 18.8 Å². The number of hydrogen-bond donors (Lipinski definition) is 1. The number of benzene rings is 1. The SMILES string of the molecule is O=C(c1cc(-c2ccc(F)cc2)no1)N1CCNCC1. The van der Waals surface area contributed by atoms with Gasteiger partial charge >= 0.3 is 0 Å². The maximum Gasteiger partial charge on any atom is 0.292 e. The Balaban J connectivity index is 1.79. The molecule has 0 bridgehead atoms. The van der Waals surface area contributed by atoms with E-state index in [0.717, 1.165) is 18.7 Å². The van der Waals surface area contributed by atoms with Gasteiger partial charge in [-0.05, 0) is 24.3 Å². The Morgan fingerprint density at radius 3 is 2.65 bits per heavy atom. The van der Waals surface area contributed by atoms with Crippen molar-refractivity contribution in [2.75, 3.05) is 26.2 Å². The van der Waals surface area contributed by atoms with Gasteiger partial charge in [0, 0.05) is 37.8 Å². The molecule has 1 amide bonds. The zero-order valence-corrected chi connectivity index (χ0v) is 10.8. The summed E-state index contributed by atoms with van der Waals surface area (Å²) in [5.41, 5.74) is 1.25. The van der Waals surface area contributed by atoms with Crippen LogP contribution in [0.4, 0.5) is 4.39 Å². The van der Waals surface area contributed by atoms with Gasteiger partial charge < -0.3 is 14.7 Å². The van der Waals surface area contributed by atoms with Gasteiger partial charge in [0.25, 0.3) is 5.91 Å². The first-order valence-electron chi connectivity index (χ1n) is 6.47. The number of amides is 1. The second-order valence-corrected chi connectivity index (χ2v) is 4.63. The highest BCUT2D eigenvalue weighted by Crippen LogP contribution is 2.20. The molecular weight excluding hydrogens is 261 g/mol. The second kappa shape index (κ2) is 5.42. The molecule has 0 spiro atoms. The summed E-state index contributed by atoms with van der Waals surface area (Å²) >= 11 is 0. The summed E-state index contributed by atoms with van der Waals surface area (Å²) in [7, 11) is 0. The van der Waals surface area contributed by atoms with Crippen molar-refractivity contribution in [3.63, 3.8) is 0 Å². The number of nitrogens with zero attached hydrogens (tertiary/aromatic N) is 2. The predicted octanol–water partition coefficient (Wildman–Crippen LogP) is 1.53. The summed E-state index contributed by atoms with van der Waals surface area (Å²) in [4.78, 5) is 13.9. The van der Waals surface area contributed by atoms with E-state index in [9.17, 15) is 9.18 Å². The molecule has 5 nitrogen and oxygen atoms in total. The molecule has 1 saturated heterocycles. The van der Waals surface area contributed by atoms with E-state index < -0.39 is 0 Å². The van der Waals surface area contributed by atoms with Gasteiger partial charge in [0.05, 0.1) is 0 Å². The van der Waals surface area contributed by atoms with Crippen molar-refractivity contribution in [1.82, 2.24) is 15.4 Å². The number of carbonyl (C=O) groups excluding carboxylic acids is 1. The summed E-state index contributed by atoms with van der Waals surface area (Å²) in [6.07, 6.45) is 0. The average molecular weight is 275 g/mol. The van der Waals surface area contributed by atoms with E-state index in [1.54, 1.807) is 23.1 Å². The molecule has 1 aromatic heterocycles. The molecule has 0 radical (unpaired) electrons. The fourth-order valence-corrected chi connectivity index (χ4v) is 2.16. The minimum absolute atomic E-state index is 0.160. The summed E-state index contributed by atoms with van der Waals surface area (Å²) < 4.78 is 18.0. The van der Waals surface area contributed by atoms with Crippen molar-refractivity contribution < 1.29 is 13.7 Å². The lowest BCUT2D eigenvalue weighted by Crippen LogP contribution is -2.46. The first-order valence-corrected chi connectivity index (χ1v) is 6.47. The first-order chi connectivity index (χ1) is 9.74. The van der Waals surface area contributed by atoms with Crippen molar-refractivity contribution in [1.29, 1.82) is 0 Å². The molecule has 104 valence electrons. The Morgan fingerprint density at radius 2 is 1.95 bits per heavy atom. The lowest BCUT2D eigenvalue weighted by molar-refractivity contribution is 0.0694. The monoisotopic (exact) mass is 275 g/mol. The summed E-state index contributed by atoms with van der Waals surface area (Å²) in [5, 5.41) is 7.05. The quantitative estimate of drug-likeness (QED) is 0.903. The van der Waals surface area contributed by atoms with Gasteiger partial charge in [0.15, 0.2) is 0 Å². The van der Waals surface area contributed by atoms with Crippen LogP contribution in [0.15, 0.2) is 34.9 Å². The number of nitrogens with one attached hydrogen (secondary N) is 1. The molecule has 0 unspecified atom stereocenters. The highest BCUT2D eigenvalue weighted by molar-refractivity contribution is 5.92. The van der Waals surface area contributed by atoms with E-state index >= 15 is 0 Å². The van der Waals surface area contributed by atoms with Gasteiger partial charge in [-0.2, -0.15) is 0 Å². The smallest absolute Gasteiger partial charge is 0.292 e. The molecule has 2 heterocycles. The predicted molar refractivity (Wildman–Crippen MR) is 70.7 cm³/mol. The van der Waals surface area contributed by atoms with Crippen molar-refractivity contribution in [2.24, 2.45) is 0 Å². The third-order valence-corrected chi connectivity index (χ3v) is 3.27. The average Bonchev–Trinajstić information content (AvgIpc) is 2.98. The number of hydrogen-bond acceptors (Lipinski definition) is 4. The zero-order chi connectivity index (χ0) is 13.9. The molecule has 20 heavy (non-hydrogen) atoms. The molecular formula is C14H14FN3O2. The molecule has 6 heteroatoms. The highest BCUT2D eigenvalue weighted by atomic mass is 19.1. The Hall–Kier alpha value is -2.21. The van der Waals surface area contributed by atoms with Gasteiger partial charge in [-0.15, -0.1) is 0 Å². The van der Waals surface area contributed by atoms with Crippen LogP contribution >= 0.6 is 0 Å². The molecule has 0 aliphatic carbocycles. The van der Waals surface area contributed by atoms with Gasteiger partial charge in [-0.1, -0.05) is 5.16 Å². The number of piperazine rings is 1. The van der Waals surface area contributed by atoms with Crippen LogP contribution in [0, 0.1) is 5.82 Å². The van der Waals surface area contributed by atoms with Gasteiger partial charge in [0.1, 0.15) is 11.5 Å². The Morgan fingerprint density at radius 1 is 1.25 bits per heavy atom. The molecule has 1 aromatic carbocycles. The largest absolute Gasteiger partial charge is 0.350 e. The lowest BCUT2D eigenvalue weighted by Gasteiger charge is -2.26. The van der Waals surface area contributed by atoms with Crippen molar-refractivity contribution in [3.8, 4) is 11.3 Å². The van der Waals surface area contributed by atoms with E-state index in [1.807, 2.05) is 0 Å². The Labute approximate surface area is 115 Å². The van der Waals surface area contributed by atoms with E-state index in [4.69, 9.17) is 4.52 Å². The van der Waals surface area contributed by atoms with Crippen LogP contribution in [0.25, 0.3) is 11.3 Å². The number of aromatic nitrogens is 1. The molecule has 0 atom stereocenters. The summed E-state index contributed by atoms with van der Waals surface area (Å²) in [5.74, 6) is -0.257. The lowest BCUT2D eigenvalue weighted by atomic mass is 10.1. The Kier molecular flexibility index (Phi) is 3.47. The Bertz CT molecular complexity index is 603. The fourth-order valence-electron chi connectivity index (χ4n) is 2.16. The van der Waals surface area contributed by atoms with Crippen LogP contribution < -0.4 is 5.32 Å². The van der Waals surface area contributed by atoms with Crippen LogP contribution in [0.2, 0.25) is 0 Å². The minimum Gasteiger partial charge on any atom is -0.350 e. The fraction of sp³-hybridized carbons (Fsp3) is 0.286. The summed E-state index contributed by atoms with van der Waals surface area (Å²) in [6, 6.07) is 7.50. The molecule has 1 aliphatic heterocycles. The molecule has 2 aromatic rings. The molecule has 1 aliphatic rings. The van der Waals surface area contributed by atoms with Gasteiger partial charge in [-0.3, -0.25) is 4.79 Å². The maximum atomic E-state index is 12.9. The third-order valence-electron chi connectivity index (χ3n) is 3.27. The zero-order valence-electron chi connectivity index (χ0n) is 10.8. The normalized spacial score (nSPS) is 15.3. The van der Waals surface area contributed by atoms with E-state index in [2.05, 4.69) is 10.5 Å². The van der Waals surface area contributed by atoms with E-state index in [-0.39, 0.29) is 17.5 Å². The van der Waals surface area contributed by atoms with Crippen molar-refractivity contribution >= 4 is 5.91 Å². The van der Waals surface area contributed by atoms with Crippen LogP contribution in [0.1, 0.15) is 10.6 Å². The molecule has 1 N–H and O–H groups in total. The van der Waals surface area contributed by atoms with Crippen LogP contribution in [-0.2, 0) is 0 Å². The topological polar surface area (TPSA) is 58.4 Å². The number of halogens is 1. The maximum absolute atomic E-state index is 12.9. The second-order valence-electron chi connectivity index (χ2n) is 4.63. The number of carbonyl (C=O) groups is 1. The van der Waals surface area contributed by atoms with Crippen LogP contribution in [0.3, 0.4) is 0 Å². The highest BCUT2D eigenvalue weighted by Gasteiger charge is 2.22. The standard InChI is InChI=1S/C14H14FN3O2/c15-11-3-1-10(2-4-11)12-9-13(20-17-12)14(19)18-7-5-16-6-8-18/h1-4,9,16H,5-8H2. The molecule has 0 saturated carbocycles. The van der Waals surface area contributed by atoms with Gasteiger partial charge in [0.2, 0.25) is 5.76 Å². The molecule has 1 fully saturated rings. The van der Waals surface area contributed by atoms with Crippen LogP contribution in [-0.4, -0.2) is 42.1 Å². The minimum atomic E-state index is -0.311. The summed E-state index contributed by atoms with van der Waals surface area (Å²) in [6.45, 7) is 2.88. The van der Waals surface area contributed by atoms with Crippen LogP contribution in [0.5, 0.6) is 0 Å². The number of rotatable bonds is 2. The van der Waals surface area contributed by atoms with E-state index in [1.165, 1.54) is 12.1 Å². The van der Waals surface area contributed by atoms with Gasteiger partial charge in [-0.25, -0.2) is 4.39 Å². The molecule has 3 rings (SSSR count). The van der Waals surface area contributed by atoms with Crippen molar-refractivity contribution in [2.45, 2.75) is 0 Å². The first kappa shape index (κ1) is 12.8. The van der Waals surface area contributed by atoms with Crippen molar-refractivity contribution in [3.05, 3.63) is 41.9 Å². The third kappa shape index (κ3) is 2.55.